The average Bonchev–Trinajstić information content (AvgIpc) is 2.60. The molecule has 2 aromatic rings. The number of carboxylic acids is 1. The van der Waals surface area contributed by atoms with Crippen LogP contribution < -0.4 is 10.1 Å². The van der Waals surface area contributed by atoms with Crippen LogP contribution in [0.1, 0.15) is 33.5 Å². The first-order chi connectivity index (χ1) is 12.8. The first kappa shape index (κ1) is 20.3. The summed E-state index contributed by atoms with van der Waals surface area (Å²) in [6.07, 6.45) is -0.447. The van der Waals surface area contributed by atoms with Gasteiger partial charge in [-0.05, 0) is 43.2 Å². The van der Waals surface area contributed by atoms with Gasteiger partial charge in [0.1, 0.15) is 18.4 Å². The topological polar surface area (TPSA) is 88.5 Å². The molecule has 1 aromatic carbocycles. The lowest BCUT2D eigenvalue weighted by molar-refractivity contribution is -0.140. The molecule has 1 aromatic heterocycles. The van der Waals surface area contributed by atoms with Gasteiger partial charge in [-0.25, -0.2) is 13.6 Å². The molecule has 0 bridgehead atoms. The Kier molecular flexibility index (Phi) is 6.81. The molecule has 0 aliphatic rings. The summed E-state index contributed by atoms with van der Waals surface area (Å²) in [4.78, 5) is 27.3. The molecule has 0 radical (unpaired) electrons. The summed E-state index contributed by atoms with van der Waals surface area (Å²) in [5, 5.41) is 11.1. The van der Waals surface area contributed by atoms with Gasteiger partial charge in [0.15, 0.2) is 0 Å². The number of nitrogens with zero attached hydrogens (tertiary/aromatic N) is 1. The Morgan fingerprint density at radius 3 is 2.44 bits per heavy atom. The van der Waals surface area contributed by atoms with Crippen molar-refractivity contribution in [3.05, 3.63) is 58.9 Å². The molecule has 1 unspecified atom stereocenters. The number of rotatable bonds is 8. The van der Waals surface area contributed by atoms with Crippen LogP contribution in [-0.4, -0.2) is 34.4 Å². The minimum Gasteiger partial charge on any atom is -0.488 e. The molecule has 0 saturated carbocycles. The number of alkyl halides is 2. The van der Waals surface area contributed by atoms with Gasteiger partial charge in [-0.15, -0.1) is 0 Å². The quantitative estimate of drug-likeness (QED) is 0.737. The Bertz CT molecular complexity index is 790. The Morgan fingerprint density at radius 2 is 1.93 bits per heavy atom. The molecule has 0 aliphatic carbocycles. The number of hydrogen-bond donors (Lipinski definition) is 2. The molecule has 8 heteroatoms. The molecule has 1 heterocycles. The van der Waals surface area contributed by atoms with E-state index >= 15 is 0 Å². The Balaban J connectivity index is 2.12. The van der Waals surface area contributed by atoms with Crippen molar-refractivity contribution in [2.45, 2.75) is 39.3 Å². The van der Waals surface area contributed by atoms with Crippen LogP contribution in [0.5, 0.6) is 5.75 Å². The van der Waals surface area contributed by atoms with Crippen molar-refractivity contribution in [1.82, 2.24) is 10.3 Å². The fourth-order valence-corrected chi connectivity index (χ4v) is 2.59. The minimum absolute atomic E-state index is 0.180. The van der Waals surface area contributed by atoms with E-state index in [0.29, 0.717) is 23.5 Å². The maximum Gasteiger partial charge on any atom is 0.326 e. The van der Waals surface area contributed by atoms with Gasteiger partial charge in [0.25, 0.3) is 5.91 Å². The van der Waals surface area contributed by atoms with Crippen molar-refractivity contribution in [3.63, 3.8) is 0 Å². The first-order valence-electron chi connectivity index (χ1n) is 8.22. The predicted molar refractivity (Wildman–Crippen MR) is 94.0 cm³/mol. The van der Waals surface area contributed by atoms with Crippen LogP contribution in [0.15, 0.2) is 36.7 Å². The van der Waals surface area contributed by atoms with Crippen LogP contribution in [0.3, 0.4) is 0 Å². The fourth-order valence-electron chi connectivity index (χ4n) is 2.59. The van der Waals surface area contributed by atoms with Gasteiger partial charge >= 0.3 is 5.97 Å². The molecule has 144 valence electrons. The van der Waals surface area contributed by atoms with Crippen LogP contribution in [0.25, 0.3) is 0 Å². The summed E-state index contributed by atoms with van der Waals surface area (Å²) in [7, 11) is 0. The third-order valence-corrected chi connectivity index (χ3v) is 3.85. The lowest BCUT2D eigenvalue weighted by Crippen LogP contribution is -2.42. The molecule has 0 spiro atoms. The van der Waals surface area contributed by atoms with E-state index in [0.717, 1.165) is 5.56 Å². The number of aromatic nitrogens is 1. The van der Waals surface area contributed by atoms with Crippen LogP contribution in [0.4, 0.5) is 8.78 Å². The minimum atomic E-state index is -2.84. The monoisotopic (exact) mass is 378 g/mol. The van der Waals surface area contributed by atoms with Crippen molar-refractivity contribution in [2.75, 3.05) is 0 Å². The van der Waals surface area contributed by atoms with Crippen molar-refractivity contribution in [1.29, 1.82) is 0 Å². The third kappa shape index (κ3) is 5.73. The maximum atomic E-state index is 12.5. The number of aryl methyl sites for hydroxylation is 2. The molecule has 1 atom stereocenters. The molecule has 27 heavy (non-hydrogen) atoms. The zero-order chi connectivity index (χ0) is 20.0. The van der Waals surface area contributed by atoms with Crippen LogP contribution in [-0.2, 0) is 11.4 Å². The van der Waals surface area contributed by atoms with Gasteiger partial charge < -0.3 is 15.2 Å². The molecule has 2 rings (SSSR count). The average molecular weight is 378 g/mol. The standard InChI is InChI=1S/C19H20F2N2O4/c1-11-6-14(18(24)23-15(19(25)26)8-16(20)21)7-12(2)17(11)27-10-13-4-3-5-22-9-13/h3-7,9,15-16H,8,10H2,1-2H3,(H,23,24)(H,25,26). The molecule has 6 nitrogen and oxygen atoms in total. The van der Waals surface area contributed by atoms with Gasteiger partial charge in [0.2, 0.25) is 6.43 Å². The summed E-state index contributed by atoms with van der Waals surface area (Å²) >= 11 is 0. The zero-order valence-electron chi connectivity index (χ0n) is 14.9. The number of pyridine rings is 1. The van der Waals surface area contributed by atoms with Gasteiger partial charge in [-0.2, -0.15) is 0 Å². The van der Waals surface area contributed by atoms with Crippen molar-refractivity contribution < 1.29 is 28.2 Å². The number of amides is 1. The van der Waals surface area contributed by atoms with E-state index in [1.165, 1.54) is 12.1 Å². The number of aliphatic carboxylic acids is 1. The summed E-state index contributed by atoms with van der Waals surface area (Å²) < 4.78 is 30.7. The number of carbonyl (C=O) groups excluding carboxylic acids is 1. The van der Waals surface area contributed by atoms with E-state index in [1.54, 1.807) is 32.3 Å². The molecule has 1 amide bonds. The van der Waals surface area contributed by atoms with Gasteiger partial charge in [0.05, 0.1) is 0 Å². The van der Waals surface area contributed by atoms with Crippen molar-refractivity contribution in [2.24, 2.45) is 0 Å². The number of ether oxygens (including phenoxy) is 1. The second kappa shape index (κ2) is 9.07. The van der Waals surface area contributed by atoms with Gasteiger partial charge in [-0.3, -0.25) is 9.78 Å². The Morgan fingerprint density at radius 1 is 1.26 bits per heavy atom. The van der Waals surface area contributed by atoms with Crippen LogP contribution >= 0.6 is 0 Å². The highest BCUT2D eigenvalue weighted by Gasteiger charge is 2.25. The van der Waals surface area contributed by atoms with Crippen molar-refractivity contribution in [3.8, 4) is 5.75 Å². The highest BCUT2D eigenvalue weighted by atomic mass is 19.3. The number of benzene rings is 1. The van der Waals surface area contributed by atoms with E-state index in [9.17, 15) is 18.4 Å². The summed E-state index contributed by atoms with van der Waals surface area (Å²) in [5.74, 6) is -1.64. The Hall–Kier alpha value is -3.03. The fraction of sp³-hybridized carbons (Fsp3) is 0.316. The third-order valence-electron chi connectivity index (χ3n) is 3.85. The SMILES string of the molecule is Cc1cc(C(=O)NC(CC(F)F)C(=O)O)cc(C)c1OCc1cccnc1. The van der Waals surface area contributed by atoms with Crippen LogP contribution in [0, 0.1) is 13.8 Å². The maximum absolute atomic E-state index is 12.5. The first-order valence-corrected chi connectivity index (χ1v) is 8.22. The lowest BCUT2D eigenvalue weighted by Gasteiger charge is -2.16. The molecule has 0 saturated heterocycles. The Labute approximate surface area is 155 Å². The van der Waals surface area contributed by atoms with Gasteiger partial charge in [0, 0.05) is 29.9 Å². The van der Waals surface area contributed by atoms with Crippen LogP contribution in [0.2, 0.25) is 0 Å². The lowest BCUT2D eigenvalue weighted by atomic mass is 10.0. The highest BCUT2D eigenvalue weighted by molar-refractivity contribution is 5.97. The number of hydrogen-bond acceptors (Lipinski definition) is 4. The number of carboxylic acid groups (broad SMARTS) is 1. The zero-order valence-corrected chi connectivity index (χ0v) is 14.9. The van der Waals surface area contributed by atoms with E-state index in [1.807, 2.05) is 6.07 Å². The smallest absolute Gasteiger partial charge is 0.326 e. The molecule has 2 N–H and O–H groups in total. The molecule has 0 fully saturated rings. The largest absolute Gasteiger partial charge is 0.488 e. The summed E-state index contributed by atoms with van der Waals surface area (Å²) in [6, 6.07) is 5.07. The van der Waals surface area contributed by atoms with E-state index in [-0.39, 0.29) is 5.56 Å². The highest BCUT2D eigenvalue weighted by Crippen LogP contribution is 2.26. The second-order valence-corrected chi connectivity index (χ2v) is 6.08. The predicted octanol–water partition coefficient (Wildman–Crippen LogP) is 3.12. The van der Waals surface area contributed by atoms with E-state index < -0.39 is 30.8 Å². The van der Waals surface area contributed by atoms with E-state index in [2.05, 4.69) is 10.3 Å². The van der Waals surface area contributed by atoms with Crippen molar-refractivity contribution >= 4 is 11.9 Å². The summed E-state index contributed by atoms with van der Waals surface area (Å²) in [5.41, 5.74) is 2.41. The normalized spacial score (nSPS) is 11.9. The number of nitrogens with one attached hydrogen (secondary N) is 1. The van der Waals surface area contributed by atoms with Gasteiger partial charge in [-0.1, -0.05) is 6.07 Å². The molecular formula is C19H20F2N2O4. The summed E-state index contributed by atoms with van der Waals surface area (Å²) in [6.45, 7) is 3.79. The second-order valence-electron chi connectivity index (χ2n) is 6.08. The number of halogens is 2. The number of carbonyl (C=O) groups is 2. The molecule has 0 aliphatic heterocycles. The molecular weight excluding hydrogens is 358 g/mol. The van der Waals surface area contributed by atoms with E-state index in [4.69, 9.17) is 9.84 Å².